The van der Waals surface area contributed by atoms with Crippen LogP contribution in [0.25, 0.3) is 0 Å². The summed E-state index contributed by atoms with van der Waals surface area (Å²) >= 11 is 6.21. The number of ether oxygens (including phenoxy) is 1. The third-order valence-corrected chi connectivity index (χ3v) is 3.88. The lowest BCUT2D eigenvalue weighted by atomic mass is 10.0. The molecule has 0 bridgehead atoms. The molecule has 0 radical (unpaired) electrons. The monoisotopic (exact) mass is 238 g/mol. The van der Waals surface area contributed by atoms with E-state index in [1.807, 2.05) is 18.2 Å². The summed E-state index contributed by atoms with van der Waals surface area (Å²) in [6.07, 6.45) is 0. The maximum Gasteiger partial charge on any atom is 0.0789 e. The summed E-state index contributed by atoms with van der Waals surface area (Å²) in [7, 11) is 0. The molecule has 86 valence electrons. The highest BCUT2D eigenvalue weighted by Crippen LogP contribution is 2.38. The van der Waals surface area contributed by atoms with E-state index in [0.717, 1.165) is 42.7 Å². The lowest BCUT2D eigenvalue weighted by Gasteiger charge is -2.22. The minimum Gasteiger partial charge on any atom is -0.397 e. The van der Waals surface area contributed by atoms with Gasteiger partial charge in [0.1, 0.15) is 0 Å². The number of hydrogen-bond donors (Lipinski definition) is 1. The zero-order valence-electron chi connectivity index (χ0n) is 9.03. The maximum atomic E-state index is 6.21. The standard InChI is InChI=1S/C12H15ClN2O/c13-10-2-1-3-11(14)12(10)15-4-8-6-16-7-9(8)5-15/h1-3,8-9H,4-7,14H2. The second-order valence-electron chi connectivity index (χ2n) is 4.64. The molecule has 1 aromatic rings. The van der Waals surface area contributed by atoms with Crippen molar-refractivity contribution in [1.82, 2.24) is 0 Å². The van der Waals surface area contributed by atoms with E-state index in [1.54, 1.807) is 0 Å². The van der Waals surface area contributed by atoms with Crippen molar-refractivity contribution in [1.29, 1.82) is 0 Å². The molecule has 2 N–H and O–H groups in total. The van der Waals surface area contributed by atoms with E-state index in [2.05, 4.69) is 4.90 Å². The Balaban J connectivity index is 1.88. The molecule has 0 aliphatic carbocycles. The number of benzene rings is 1. The molecule has 2 aliphatic heterocycles. The minimum atomic E-state index is 0.649. The number of rotatable bonds is 1. The lowest BCUT2D eigenvalue weighted by Crippen LogP contribution is -2.23. The van der Waals surface area contributed by atoms with Gasteiger partial charge in [-0.2, -0.15) is 0 Å². The summed E-state index contributed by atoms with van der Waals surface area (Å²) in [5.74, 6) is 1.30. The Morgan fingerprint density at radius 1 is 1.25 bits per heavy atom. The van der Waals surface area contributed by atoms with E-state index in [9.17, 15) is 0 Å². The van der Waals surface area contributed by atoms with Crippen molar-refractivity contribution < 1.29 is 4.74 Å². The molecule has 2 atom stereocenters. The van der Waals surface area contributed by atoms with Crippen molar-refractivity contribution >= 4 is 23.0 Å². The second kappa shape index (κ2) is 3.82. The van der Waals surface area contributed by atoms with Gasteiger partial charge in [0.15, 0.2) is 0 Å². The topological polar surface area (TPSA) is 38.5 Å². The summed E-state index contributed by atoms with van der Waals surface area (Å²) in [6.45, 7) is 3.79. The molecule has 3 rings (SSSR count). The van der Waals surface area contributed by atoms with Crippen LogP contribution >= 0.6 is 11.6 Å². The zero-order chi connectivity index (χ0) is 11.1. The molecule has 2 saturated heterocycles. The maximum absolute atomic E-state index is 6.21. The van der Waals surface area contributed by atoms with Crippen molar-refractivity contribution in [3.63, 3.8) is 0 Å². The van der Waals surface area contributed by atoms with Crippen LogP contribution in [0.5, 0.6) is 0 Å². The highest BCUT2D eigenvalue weighted by molar-refractivity contribution is 6.34. The number of halogens is 1. The van der Waals surface area contributed by atoms with Crippen LogP contribution in [0.15, 0.2) is 18.2 Å². The van der Waals surface area contributed by atoms with Gasteiger partial charge < -0.3 is 15.4 Å². The highest BCUT2D eigenvalue weighted by Gasteiger charge is 2.38. The van der Waals surface area contributed by atoms with Crippen LogP contribution < -0.4 is 10.6 Å². The number of fused-ring (bicyclic) bond motifs is 1. The van der Waals surface area contributed by atoms with Crippen LogP contribution in [0.3, 0.4) is 0 Å². The normalized spacial score (nSPS) is 28.4. The van der Waals surface area contributed by atoms with Crippen LogP contribution in [0.1, 0.15) is 0 Å². The van der Waals surface area contributed by atoms with E-state index in [4.69, 9.17) is 22.1 Å². The van der Waals surface area contributed by atoms with Gasteiger partial charge in [0, 0.05) is 24.9 Å². The number of nitrogens with two attached hydrogens (primary N) is 1. The fourth-order valence-corrected chi connectivity index (χ4v) is 3.04. The Morgan fingerprint density at radius 3 is 2.56 bits per heavy atom. The Hall–Kier alpha value is -0.930. The molecule has 0 spiro atoms. The van der Waals surface area contributed by atoms with Crippen LogP contribution in [-0.4, -0.2) is 26.3 Å². The quantitative estimate of drug-likeness (QED) is 0.761. The van der Waals surface area contributed by atoms with Crippen molar-refractivity contribution in [2.24, 2.45) is 11.8 Å². The SMILES string of the molecule is Nc1cccc(Cl)c1N1CC2COCC2C1. The van der Waals surface area contributed by atoms with E-state index >= 15 is 0 Å². The number of para-hydroxylation sites is 1. The molecule has 0 amide bonds. The average molecular weight is 239 g/mol. The van der Waals surface area contributed by atoms with Crippen LogP contribution in [0.4, 0.5) is 11.4 Å². The molecule has 16 heavy (non-hydrogen) atoms. The average Bonchev–Trinajstić information content (AvgIpc) is 2.77. The van der Waals surface area contributed by atoms with Gasteiger partial charge in [0.2, 0.25) is 0 Å². The summed E-state index contributed by atoms with van der Waals surface area (Å²) in [5, 5.41) is 0.751. The molecule has 3 nitrogen and oxygen atoms in total. The van der Waals surface area contributed by atoms with E-state index in [0.29, 0.717) is 11.8 Å². The van der Waals surface area contributed by atoms with Gasteiger partial charge in [0.05, 0.1) is 29.6 Å². The van der Waals surface area contributed by atoms with Gasteiger partial charge in [-0.3, -0.25) is 0 Å². The van der Waals surface area contributed by atoms with Crippen molar-refractivity contribution in [2.75, 3.05) is 36.9 Å². The molecule has 0 saturated carbocycles. The predicted octanol–water partition coefficient (Wildman–Crippen LogP) is 2.00. The molecule has 0 aromatic heterocycles. The molecule has 1 aromatic carbocycles. The van der Waals surface area contributed by atoms with Crippen molar-refractivity contribution in [2.45, 2.75) is 0 Å². The van der Waals surface area contributed by atoms with Gasteiger partial charge >= 0.3 is 0 Å². The Morgan fingerprint density at radius 2 is 1.94 bits per heavy atom. The van der Waals surface area contributed by atoms with Crippen LogP contribution in [0, 0.1) is 11.8 Å². The Kier molecular flexibility index (Phi) is 2.45. The largest absolute Gasteiger partial charge is 0.397 e. The molecule has 2 heterocycles. The molecule has 4 heteroatoms. The van der Waals surface area contributed by atoms with E-state index in [1.165, 1.54) is 0 Å². The molecule has 2 unspecified atom stereocenters. The molecular weight excluding hydrogens is 224 g/mol. The lowest BCUT2D eigenvalue weighted by molar-refractivity contribution is 0.177. The fourth-order valence-electron chi connectivity index (χ4n) is 2.74. The second-order valence-corrected chi connectivity index (χ2v) is 5.05. The third-order valence-electron chi connectivity index (χ3n) is 3.57. The summed E-state index contributed by atoms with van der Waals surface area (Å²) in [6, 6.07) is 5.70. The molecular formula is C12H15ClN2O. The first-order valence-corrected chi connectivity index (χ1v) is 6.00. The highest BCUT2D eigenvalue weighted by atomic mass is 35.5. The van der Waals surface area contributed by atoms with Crippen LogP contribution in [-0.2, 0) is 4.74 Å². The van der Waals surface area contributed by atoms with Crippen LogP contribution in [0.2, 0.25) is 5.02 Å². The zero-order valence-corrected chi connectivity index (χ0v) is 9.78. The molecule has 2 aliphatic rings. The van der Waals surface area contributed by atoms with Crippen molar-refractivity contribution in [3.8, 4) is 0 Å². The predicted molar refractivity (Wildman–Crippen MR) is 65.9 cm³/mol. The van der Waals surface area contributed by atoms with Crippen molar-refractivity contribution in [3.05, 3.63) is 23.2 Å². The Bertz CT molecular complexity index is 378. The first kappa shape index (κ1) is 10.2. The van der Waals surface area contributed by atoms with Gasteiger partial charge in [-0.1, -0.05) is 17.7 Å². The molecule has 2 fully saturated rings. The first-order valence-electron chi connectivity index (χ1n) is 5.62. The summed E-state index contributed by atoms with van der Waals surface area (Å²) in [5.41, 5.74) is 7.76. The van der Waals surface area contributed by atoms with Gasteiger partial charge in [-0.25, -0.2) is 0 Å². The third kappa shape index (κ3) is 1.55. The summed E-state index contributed by atoms with van der Waals surface area (Å²) < 4.78 is 5.47. The number of hydrogen-bond acceptors (Lipinski definition) is 3. The number of nitrogens with zero attached hydrogens (tertiary/aromatic N) is 1. The smallest absolute Gasteiger partial charge is 0.0789 e. The first-order chi connectivity index (χ1) is 7.75. The summed E-state index contributed by atoms with van der Waals surface area (Å²) in [4.78, 5) is 2.30. The van der Waals surface area contributed by atoms with E-state index < -0.39 is 0 Å². The van der Waals surface area contributed by atoms with Gasteiger partial charge in [-0.05, 0) is 12.1 Å². The van der Waals surface area contributed by atoms with E-state index in [-0.39, 0.29) is 0 Å². The number of nitrogen functional groups attached to an aromatic ring is 1. The fraction of sp³-hybridized carbons (Fsp3) is 0.500. The number of anilines is 2. The van der Waals surface area contributed by atoms with Gasteiger partial charge in [-0.15, -0.1) is 0 Å². The Labute approximate surface area is 100 Å². The van der Waals surface area contributed by atoms with Gasteiger partial charge in [0.25, 0.3) is 0 Å². The minimum absolute atomic E-state index is 0.649.